The molecule has 0 amide bonds. The lowest BCUT2D eigenvalue weighted by atomic mass is 9.79. The number of benzene rings is 3. The Labute approximate surface area is 184 Å². The van der Waals surface area contributed by atoms with Crippen LogP contribution in [0.15, 0.2) is 77.8 Å². The Balaban J connectivity index is 1.77. The molecule has 144 valence electrons. The summed E-state index contributed by atoms with van der Waals surface area (Å²) in [6.45, 7) is 4.43. The van der Waals surface area contributed by atoms with Crippen LogP contribution in [-0.4, -0.2) is 22.7 Å². The first kappa shape index (κ1) is 19.7. The molecule has 0 aliphatic heterocycles. The molecular weight excluding hydrogens is 469 g/mol. The quantitative estimate of drug-likeness (QED) is 0.187. The Morgan fingerprint density at radius 1 is 0.862 bits per heavy atom. The zero-order chi connectivity index (χ0) is 20.4. The number of para-hydroxylation sites is 3. The fourth-order valence-corrected chi connectivity index (χ4v) is 4.70. The van der Waals surface area contributed by atoms with Crippen molar-refractivity contribution in [2.75, 3.05) is 7.05 Å². The summed E-state index contributed by atoms with van der Waals surface area (Å²) < 4.78 is 1.24. The molecule has 3 aromatic carbocycles. The summed E-state index contributed by atoms with van der Waals surface area (Å²) in [5.74, 6) is 0. The van der Waals surface area contributed by atoms with Crippen molar-refractivity contribution in [2.24, 2.45) is 4.99 Å². The van der Waals surface area contributed by atoms with E-state index < -0.39 is 0 Å². The van der Waals surface area contributed by atoms with Gasteiger partial charge in [-0.25, -0.2) is 9.97 Å². The summed E-state index contributed by atoms with van der Waals surface area (Å²) in [7, 11) is 1.85. The number of allylic oxidation sites excluding steroid dienone is 1. The van der Waals surface area contributed by atoms with Crippen molar-refractivity contribution in [1.29, 1.82) is 0 Å². The molecule has 0 saturated heterocycles. The van der Waals surface area contributed by atoms with Gasteiger partial charge >= 0.3 is 0 Å². The van der Waals surface area contributed by atoms with Gasteiger partial charge in [0.2, 0.25) is 0 Å². The molecular formula is C25H22IN3. The van der Waals surface area contributed by atoms with Gasteiger partial charge in [-0.2, -0.15) is 0 Å². The van der Waals surface area contributed by atoms with Gasteiger partial charge < -0.3 is 0 Å². The number of hydrogen-bond donors (Lipinski definition) is 0. The molecule has 0 bridgehead atoms. The molecule has 4 heteroatoms. The smallest absolute Gasteiger partial charge is 0.0966 e. The molecule has 0 N–H and O–H groups in total. The summed E-state index contributed by atoms with van der Waals surface area (Å²) in [6, 6.07) is 22.6. The van der Waals surface area contributed by atoms with Gasteiger partial charge in [0.25, 0.3) is 0 Å². The topological polar surface area (TPSA) is 38.1 Å². The Morgan fingerprint density at radius 2 is 1.52 bits per heavy atom. The molecule has 0 spiro atoms. The Hall–Kier alpha value is -2.60. The number of hydrogen-bond acceptors (Lipinski definition) is 3. The van der Waals surface area contributed by atoms with Crippen LogP contribution in [0.1, 0.15) is 25.0 Å². The molecule has 0 atom stereocenters. The average Bonchev–Trinajstić information content (AvgIpc) is 2.73. The first-order chi connectivity index (χ1) is 14.0. The first-order valence-corrected chi connectivity index (χ1v) is 10.6. The van der Waals surface area contributed by atoms with Crippen molar-refractivity contribution in [2.45, 2.75) is 19.3 Å². The van der Waals surface area contributed by atoms with Gasteiger partial charge in [0.05, 0.1) is 22.1 Å². The minimum atomic E-state index is -0.202. The number of halogens is 1. The predicted octanol–water partition coefficient (Wildman–Crippen LogP) is 6.45. The van der Waals surface area contributed by atoms with Crippen LogP contribution >= 0.6 is 22.6 Å². The van der Waals surface area contributed by atoms with Gasteiger partial charge in [0.1, 0.15) is 0 Å². The van der Waals surface area contributed by atoms with Gasteiger partial charge in [0.15, 0.2) is 0 Å². The van der Waals surface area contributed by atoms with Crippen LogP contribution in [0, 0.1) is 3.57 Å². The van der Waals surface area contributed by atoms with Crippen molar-refractivity contribution in [3.8, 4) is 0 Å². The van der Waals surface area contributed by atoms with E-state index >= 15 is 0 Å². The highest BCUT2D eigenvalue weighted by molar-refractivity contribution is 14.1. The lowest BCUT2D eigenvalue weighted by Gasteiger charge is -2.27. The van der Waals surface area contributed by atoms with Crippen LogP contribution < -0.4 is 0 Å². The Morgan fingerprint density at radius 3 is 2.24 bits per heavy atom. The minimum absolute atomic E-state index is 0.202. The number of aliphatic imine (C=N–C) groups is 1. The standard InChI is InChI=1S/C25H22IN3/c1-25(2,18-10-4-5-11-19(18)26)23(27-3)16-15-17-9-8-14-22-24(17)29-21-13-7-6-12-20(21)28-22/h4-16H,1-3H3/b16-15+,27-23+. The maximum Gasteiger partial charge on any atom is 0.0966 e. The highest BCUT2D eigenvalue weighted by Crippen LogP contribution is 2.30. The largest absolute Gasteiger partial charge is 0.292 e. The summed E-state index contributed by atoms with van der Waals surface area (Å²) in [4.78, 5) is 14.2. The second kappa shape index (κ2) is 8.03. The van der Waals surface area contributed by atoms with Crippen LogP contribution in [0.3, 0.4) is 0 Å². The van der Waals surface area contributed by atoms with E-state index in [1.54, 1.807) is 0 Å². The van der Waals surface area contributed by atoms with Crippen LogP contribution in [0.2, 0.25) is 0 Å². The van der Waals surface area contributed by atoms with E-state index in [9.17, 15) is 0 Å². The minimum Gasteiger partial charge on any atom is -0.292 e. The normalized spacial score (nSPS) is 12.9. The lowest BCUT2D eigenvalue weighted by molar-refractivity contribution is 0.715. The SMILES string of the molecule is C/N=C(\C=C\c1cccc2nc3ccccc3nc12)C(C)(C)c1ccccc1I. The molecule has 0 aliphatic rings. The van der Waals surface area contributed by atoms with Crippen molar-refractivity contribution >= 4 is 56.4 Å². The van der Waals surface area contributed by atoms with E-state index in [0.717, 1.165) is 33.3 Å². The van der Waals surface area contributed by atoms with E-state index in [1.807, 2.05) is 43.4 Å². The number of rotatable bonds is 4. The van der Waals surface area contributed by atoms with Gasteiger partial charge in [-0.15, -0.1) is 0 Å². The van der Waals surface area contributed by atoms with Crippen LogP contribution in [0.25, 0.3) is 28.1 Å². The van der Waals surface area contributed by atoms with Crippen LogP contribution in [0.5, 0.6) is 0 Å². The summed E-state index contributed by atoms with van der Waals surface area (Å²) in [5.41, 5.74) is 6.76. The predicted molar refractivity (Wildman–Crippen MR) is 132 cm³/mol. The fourth-order valence-electron chi connectivity index (χ4n) is 3.64. The van der Waals surface area contributed by atoms with Crippen molar-refractivity contribution in [1.82, 2.24) is 9.97 Å². The zero-order valence-corrected chi connectivity index (χ0v) is 18.9. The van der Waals surface area contributed by atoms with Crippen molar-refractivity contribution in [3.05, 3.63) is 87.5 Å². The maximum absolute atomic E-state index is 4.86. The van der Waals surface area contributed by atoms with E-state index in [2.05, 4.69) is 83.9 Å². The third-order valence-electron chi connectivity index (χ3n) is 5.25. The highest BCUT2D eigenvalue weighted by Gasteiger charge is 2.27. The molecule has 1 aromatic heterocycles. The second-order valence-electron chi connectivity index (χ2n) is 7.47. The molecule has 0 radical (unpaired) electrons. The Bertz CT molecular complexity index is 1260. The van der Waals surface area contributed by atoms with E-state index in [0.29, 0.717) is 0 Å². The molecule has 29 heavy (non-hydrogen) atoms. The maximum atomic E-state index is 4.86. The molecule has 4 rings (SSSR count). The number of nitrogens with zero attached hydrogens (tertiary/aromatic N) is 3. The molecule has 0 aliphatic carbocycles. The molecule has 0 unspecified atom stereocenters. The molecule has 3 nitrogen and oxygen atoms in total. The third kappa shape index (κ3) is 3.81. The van der Waals surface area contributed by atoms with E-state index in [1.165, 1.54) is 9.13 Å². The van der Waals surface area contributed by atoms with E-state index in [-0.39, 0.29) is 5.41 Å². The summed E-state index contributed by atoms with van der Waals surface area (Å²) >= 11 is 2.40. The zero-order valence-electron chi connectivity index (χ0n) is 16.7. The Kier molecular flexibility index (Phi) is 5.46. The van der Waals surface area contributed by atoms with Gasteiger partial charge in [-0.05, 0) is 58.5 Å². The number of aromatic nitrogens is 2. The second-order valence-corrected chi connectivity index (χ2v) is 8.64. The monoisotopic (exact) mass is 491 g/mol. The third-order valence-corrected chi connectivity index (χ3v) is 6.19. The number of fused-ring (bicyclic) bond motifs is 2. The fraction of sp³-hybridized carbons (Fsp3) is 0.160. The molecule has 0 fully saturated rings. The summed E-state index contributed by atoms with van der Waals surface area (Å²) in [5, 5.41) is 0. The summed E-state index contributed by atoms with van der Waals surface area (Å²) in [6.07, 6.45) is 4.21. The van der Waals surface area contributed by atoms with Gasteiger partial charge in [-0.1, -0.05) is 62.4 Å². The molecule has 1 heterocycles. The molecule has 0 saturated carbocycles. The van der Waals surface area contributed by atoms with Crippen LogP contribution in [0.4, 0.5) is 0 Å². The van der Waals surface area contributed by atoms with Crippen molar-refractivity contribution < 1.29 is 0 Å². The van der Waals surface area contributed by atoms with Gasteiger partial charge in [0, 0.05) is 27.3 Å². The average molecular weight is 491 g/mol. The van der Waals surface area contributed by atoms with Crippen molar-refractivity contribution in [3.63, 3.8) is 0 Å². The molecule has 4 aromatic rings. The first-order valence-electron chi connectivity index (χ1n) is 9.56. The van der Waals surface area contributed by atoms with Gasteiger partial charge in [-0.3, -0.25) is 4.99 Å². The highest BCUT2D eigenvalue weighted by atomic mass is 127. The van der Waals surface area contributed by atoms with Crippen LogP contribution in [-0.2, 0) is 5.41 Å². The lowest BCUT2D eigenvalue weighted by Crippen LogP contribution is -2.28. The van der Waals surface area contributed by atoms with E-state index in [4.69, 9.17) is 9.97 Å².